The standard InChI is InChI=1S/C17H28ClN3O3S/c1-13(2)16(21-9-7-20(3)8-10-21)12-19-25(22,23)14-5-6-17(24-4)15(18)11-14/h5-6,11,13,16,19H,7-10,12H2,1-4H3. The molecule has 6 nitrogen and oxygen atoms in total. The molecule has 0 amide bonds. The fraction of sp³-hybridized carbons (Fsp3) is 0.647. The molecule has 142 valence electrons. The van der Waals surface area contributed by atoms with Crippen molar-refractivity contribution in [1.82, 2.24) is 14.5 Å². The first kappa shape index (κ1) is 20.5. The first-order valence-electron chi connectivity index (χ1n) is 8.50. The number of piperazine rings is 1. The Bertz CT molecular complexity index is 674. The predicted octanol–water partition coefficient (Wildman–Crippen LogP) is 1.90. The normalized spacial score (nSPS) is 18.5. The van der Waals surface area contributed by atoms with E-state index < -0.39 is 10.0 Å². The number of halogens is 1. The van der Waals surface area contributed by atoms with Gasteiger partial charge in [0.1, 0.15) is 5.75 Å². The van der Waals surface area contributed by atoms with E-state index in [1.54, 1.807) is 6.07 Å². The quantitative estimate of drug-likeness (QED) is 0.771. The van der Waals surface area contributed by atoms with Crippen LogP contribution in [0.15, 0.2) is 23.1 Å². The summed E-state index contributed by atoms with van der Waals surface area (Å²) in [5.74, 6) is 0.809. The summed E-state index contributed by atoms with van der Waals surface area (Å²) in [4.78, 5) is 4.81. The number of ether oxygens (including phenoxy) is 1. The second-order valence-corrected chi connectivity index (χ2v) is 8.97. The zero-order valence-corrected chi connectivity index (χ0v) is 16.9. The molecule has 1 atom stereocenters. The van der Waals surface area contributed by atoms with E-state index in [-0.39, 0.29) is 16.0 Å². The fourth-order valence-electron chi connectivity index (χ4n) is 3.03. The minimum atomic E-state index is -3.61. The van der Waals surface area contributed by atoms with Gasteiger partial charge in [0, 0.05) is 38.8 Å². The van der Waals surface area contributed by atoms with Gasteiger partial charge in [0.05, 0.1) is 17.0 Å². The van der Waals surface area contributed by atoms with Crippen molar-refractivity contribution in [2.45, 2.75) is 24.8 Å². The van der Waals surface area contributed by atoms with Gasteiger partial charge in [-0.2, -0.15) is 0 Å². The first-order chi connectivity index (χ1) is 11.7. The molecule has 1 aliphatic rings. The second-order valence-electron chi connectivity index (χ2n) is 6.80. The number of rotatable bonds is 7. The number of nitrogens with zero attached hydrogens (tertiary/aromatic N) is 2. The zero-order chi connectivity index (χ0) is 18.6. The maximum Gasteiger partial charge on any atom is 0.240 e. The largest absolute Gasteiger partial charge is 0.495 e. The maximum atomic E-state index is 12.6. The van der Waals surface area contributed by atoms with E-state index in [9.17, 15) is 8.42 Å². The number of benzene rings is 1. The van der Waals surface area contributed by atoms with Crippen LogP contribution in [0.3, 0.4) is 0 Å². The highest BCUT2D eigenvalue weighted by atomic mass is 35.5. The Kier molecular flexibility index (Phi) is 7.10. The molecule has 0 spiro atoms. The van der Waals surface area contributed by atoms with Crippen molar-refractivity contribution in [3.8, 4) is 5.75 Å². The summed E-state index contributed by atoms with van der Waals surface area (Å²) in [7, 11) is -0.00694. The zero-order valence-electron chi connectivity index (χ0n) is 15.3. The minimum absolute atomic E-state index is 0.152. The third-order valence-corrected chi connectivity index (χ3v) is 6.41. The van der Waals surface area contributed by atoms with Crippen molar-refractivity contribution >= 4 is 21.6 Å². The first-order valence-corrected chi connectivity index (χ1v) is 10.4. The third-order valence-electron chi connectivity index (χ3n) is 4.69. The van der Waals surface area contributed by atoms with Gasteiger partial charge in [0.15, 0.2) is 0 Å². The van der Waals surface area contributed by atoms with Gasteiger partial charge in [-0.05, 0) is 31.2 Å². The van der Waals surface area contributed by atoms with Crippen LogP contribution in [0, 0.1) is 5.92 Å². The molecule has 1 heterocycles. The van der Waals surface area contributed by atoms with Gasteiger partial charge in [-0.25, -0.2) is 13.1 Å². The summed E-state index contributed by atoms with van der Waals surface area (Å²) in [5.41, 5.74) is 0. The molecule has 1 aromatic rings. The van der Waals surface area contributed by atoms with Crippen molar-refractivity contribution in [2.24, 2.45) is 5.92 Å². The van der Waals surface area contributed by atoms with Crippen LogP contribution in [-0.2, 0) is 10.0 Å². The van der Waals surface area contributed by atoms with Crippen molar-refractivity contribution in [3.63, 3.8) is 0 Å². The van der Waals surface area contributed by atoms with Crippen molar-refractivity contribution in [1.29, 1.82) is 0 Å². The smallest absolute Gasteiger partial charge is 0.240 e. The number of nitrogens with one attached hydrogen (secondary N) is 1. The highest BCUT2D eigenvalue weighted by Gasteiger charge is 2.27. The second kappa shape index (κ2) is 8.68. The van der Waals surface area contributed by atoms with Crippen LogP contribution in [0.1, 0.15) is 13.8 Å². The van der Waals surface area contributed by atoms with E-state index in [4.69, 9.17) is 16.3 Å². The number of likely N-dealkylation sites (N-methyl/N-ethyl adjacent to an activating group) is 1. The Morgan fingerprint density at radius 3 is 2.40 bits per heavy atom. The number of hydrogen-bond donors (Lipinski definition) is 1. The Morgan fingerprint density at radius 1 is 1.24 bits per heavy atom. The molecular weight excluding hydrogens is 362 g/mol. The highest BCUT2D eigenvalue weighted by molar-refractivity contribution is 7.89. The van der Waals surface area contributed by atoms with Crippen LogP contribution >= 0.6 is 11.6 Å². The molecule has 2 rings (SSSR count). The lowest BCUT2D eigenvalue weighted by molar-refractivity contribution is 0.0905. The van der Waals surface area contributed by atoms with Crippen LogP contribution in [0.4, 0.5) is 0 Å². The fourth-order valence-corrected chi connectivity index (χ4v) is 4.43. The van der Waals surface area contributed by atoms with Crippen LogP contribution in [0.5, 0.6) is 5.75 Å². The molecule has 8 heteroatoms. The van der Waals surface area contributed by atoms with Gasteiger partial charge in [0.2, 0.25) is 10.0 Å². The average Bonchev–Trinajstić information content (AvgIpc) is 2.56. The molecule has 0 aromatic heterocycles. The summed E-state index contributed by atoms with van der Waals surface area (Å²) in [6.07, 6.45) is 0. The lowest BCUT2D eigenvalue weighted by atomic mass is 10.0. The minimum Gasteiger partial charge on any atom is -0.495 e. The molecule has 1 aromatic carbocycles. The summed E-state index contributed by atoms with van der Waals surface area (Å²) in [6, 6.07) is 4.66. The van der Waals surface area contributed by atoms with Crippen molar-refractivity contribution < 1.29 is 13.2 Å². The topological polar surface area (TPSA) is 61.9 Å². The predicted molar refractivity (Wildman–Crippen MR) is 101 cm³/mol. The Morgan fingerprint density at radius 2 is 1.88 bits per heavy atom. The SMILES string of the molecule is COc1ccc(S(=O)(=O)NCC(C(C)C)N2CCN(C)CC2)cc1Cl. The number of sulfonamides is 1. The Balaban J connectivity index is 2.07. The molecule has 0 radical (unpaired) electrons. The van der Waals surface area contributed by atoms with Crippen molar-refractivity contribution in [3.05, 3.63) is 23.2 Å². The molecule has 1 aliphatic heterocycles. The molecule has 1 N–H and O–H groups in total. The van der Waals surface area contributed by atoms with Crippen LogP contribution in [0.25, 0.3) is 0 Å². The van der Waals surface area contributed by atoms with Gasteiger partial charge in [-0.3, -0.25) is 4.90 Å². The summed E-state index contributed by atoms with van der Waals surface area (Å²) >= 11 is 6.05. The summed E-state index contributed by atoms with van der Waals surface area (Å²) in [6.45, 7) is 8.55. The highest BCUT2D eigenvalue weighted by Crippen LogP contribution is 2.27. The molecule has 25 heavy (non-hydrogen) atoms. The Hall–Kier alpha value is -0.860. The van der Waals surface area contributed by atoms with Crippen LogP contribution in [-0.4, -0.2) is 71.1 Å². The molecule has 0 bridgehead atoms. The van der Waals surface area contributed by atoms with E-state index in [1.165, 1.54) is 19.2 Å². The van der Waals surface area contributed by atoms with Gasteiger partial charge in [-0.15, -0.1) is 0 Å². The summed E-state index contributed by atoms with van der Waals surface area (Å²) < 4.78 is 33.0. The molecule has 1 unspecified atom stereocenters. The maximum absolute atomic E-state index is 12.6. The van der Waals surface area contributed by atoms with E-state index in [2.05, 4.69) is 35.4 Å². The van der Waals surface area contributed by atoms with Crippen LogP contribution < -0.4 is 9.46 Å². The number of methoxy groups -OCH3 is 1. The monoisotopic (exact) mass is 389 g/mol. The van der Waals surface area contributed by atoms with Gasteiger partial charge in [0.25, 0.3) is 0 Å². The molecule has 1 saturated heterocycles. The lowest BCUT2D eigenvalue weighted by Gasteiger charge is -2.39. The average molecular weight is 390 g/mol. The molecule has 0 aliphatic carbocycles. The van der Waals surface area contributed by atoms with E-state index >= 15 is 0 Å². The van der Waals surface area contributed by atoms with Crippen LogP contribution in [0.2, 0.25) is 5.02 Å². The van der Waals surface area contributed by atoms with Gasteiger partial charge in [-0.1, -0.05) is 25.4 Å². The molecular formula is C17H28ClN3O3S. The molecule has 0 saturated carbocycles. The molecule has 1 fully saturated rings. The van der Waals surface area contributed by atoms with E-state index in [1.807, 2.05) is 0 Å². The number of hydrogen-bond acceptors (Lipinski definition) is 5. The third kappa shape index (κ3) is 5.31. The van der Waals surface area contributed by atoms with E-state index in [0.717, 1.165) is 26.2 Å². The van der Waals surface area contributed by atoms with Gasteiger partial charge < -0.3 is 9.64 Å². The lowest BCUT2D eigenvalue weighted by Crippen LogP contribution is -2.54. The van der Waals surface area contributed by atoms with Crippen molar-refractivity contribution in [2.75, 3.05) is 46.9 Å². The van der Waals surface area contributed by atoms with Gasteiger partial charge >= 0.3 is 0 Å². The summed E-state index contributed by atoms with van der Waals surface area (Å²) in [5, 5.41) is 0.282. The van der Waals surface area contributed by atoms with E-state index in [0.29, 0.717) is 18.2 Å². The Labute approximate surface area is 156 Å².